The minimum absolute atomic E-state index is 0.546. The van der Waals surface area contributed by atoms with E-state index in [4.69, 9.17) is 13.6 Å². The van der Waals surface area contributed by atoms with Gasteiger partial charge in [0.15, 0.2) is 0 Å². The molecule has 2 aromatic carbocycles. The van der Waals surface area contributed by atoms with Crippen LogP contribution in [-0.4, -0.2) is 6.61 Å². The molecule has 2 aromatic rings. The molecule has 2 rings (SSSR count). The van der Waals surface area contributed by atoms with E-state index in [9.17, 15) is 0 Å². The molecule has 0 aliphatic rings. The molecule has 0 spiro atoms. The van der Waals surface area contributed by atoms with E-state index in [1.54, 1.807) is 0 Å². The summed E-state index contributed by atoms with van der Waals surface area (Å²) < 4.78 is 16.9. The number of hydrogen-bond acceptors (Lipinski definition) is 3. The molecule has 3 nitrogen and oxygen atoms in total. The van der Waals surface area contributed by atoms with Crippen molar-refractivity contribution in [3.05, 3.63) is 60.2 Å². The Bertz CT molecular complexity index is 485. The third-order valence-corrected chi connectivity index (χ3v) is 3.55. The van der Waals surface area contributed by atoms with Crippen molar-refractivity contribution in [2.24, 2.45) is 0 Å². The van der Waals surface area contributed by atoms with Crippen molar-refractivity contribution in [3.8, 4) is 11.5 Å². The first-order chi connectivity index (χ1) is 9.28. The van der Waals surface area contributed by atoms with Crippen LogP contribution in [0.2, 0.25) is 0 Å². The van der Waals surface area contributed by atoms with Crippen LogP contribution in [0.15, 0.2) is 54.6 Å². The van der Waals surface area contributed by atoms with Crippen LogP contribution in [-0.2, 0) is 4.52 Å². The molecule has 4 heteroatoms. The van der Waals surface area contributed by atoms with E-state index in [0.29, 0.717) is 6.61 Å². The monoisotopic (exact) mass is 276 g/mol. The zero-order valence-electron chi connectivity index (χ0n) is 11.1. The van der Waals surface area contributed by atoms with Gasteiger partial charge in [-0.25, -0.2) is 0 Å². The summed E-state index contributed by atoms with van der Waals surface area (Å²) in [5, 5.41) is 0. The van der Waals surface area contributed by atoms with Gasteiger partial charge in [0.05, 0.1) is 6.61 Å². The molecule has 0 heterocycles. The first-order valence-electron chi connectivity index (χ1n) is 6.18. The van der Waals surface area contributed by atoms with Gasteiger partial charge < -0.3 is 9.05 Å². The van der Waals surface area contributed by atoms with Crippen molar-refractivity contribution in [2.45, 2.75) is 13.8 Å². The SMILES string of the molecule is CCOP(Oc1ccccc1)Oc1ccc(C)cc1. The summed E-state index contributed by atoms with van der Waals surface area (Å²) in [5.74, 6) is 1.50. The van der Waals surface area contributed by atoms with Crippen molar-refractivity contribution < 1.29 is 13.6 Å². The molecule has 0 fully saturated rings. The quantitative estimate of drug-likeness (QED) is 0.715. The molecular formula is C15H17O3P. The standard InChI is InChI=1S/C15H17O3P/c1-3-16-19(17-14-7-5-4-6-8-14)18-15-11-9-13(2)10-12-15/h4-12H,3H2,1-2H3. The largest absolute Gasteiger partial charge is 0.463 e. The van der Waals surface area contributed by atoms with Gasteiger partial charge in [0, 0.05) is 0 Å². The van der Waals surface area contributed by atoms with Crippen LogP contribution in [0.5, 0.6) is 11.5 Å². The Labute approximate surface area is 115 Å². The Morgan fingerprint density at radius 1 is 0.842 bits per heavy atom. The number of hydrogen-bond donors (Lipinski definition) is 0. The van der Waals surface area contributed by atoms with Gasteiger partial charge in [0.2, 0.25) is 0 Å². The molecule has 0 amide bonds. The summed E-state index contributed by atoms with van der Waals surface area (Å²) in [6.45, 7) is 4.50. The molecule has 1 unspecified atom stereocenters. The smallest absolute Gasteiger partial charge is 0.418 e. The van der Waals surface area contributed by atoms with Crippen molar-refractivity contribution in [3.63, 3.8) is 0 Å². The van der Waals surface area contributed by atoms with E-state index in [2.05, 4.69) is 0 Å². The van der Waals surface area contributed by atoms with Gasteiger partial charge in [0.1, 0.15) is 11.5 Å². The molecule has 0 saturated heterocycles. The Kier molecular flexibility index (Phi) is 5.20. The average molecular weight is 276 g/mol. The lowest BCUT2D eigenvalue weighted by atomic mass is 10.2. The van der Waals surface area contributed by atoms with Crippen LogP contribution in [0, 0.1) is 6.92 Å². The summed E-state index contributed by atoms with van der Waals surface area (Å²) in [7, 11) is -1.42. The minimum Gasteiger partial charge on any atom is -0.418 e. The van der Waals surface area contributed by atoms with Crippen molar-refractivity contribution in [1.82, 2.24) is 0 Å². The van der Waals surface area contributed by atoms with Gasteiger partial charge in [-0.3, -0.25) is 4.52 Å². The molecule has 0 N–H and O–H groups in total. The molecule has 0 aliphatic heterocycles. The van der Waals surface area contributed by atoms with E-state index >= 15 is 0 Å². The molecule has 0 radical (unpaired) electrons. The molecule has 0 saturated carbocycles. The second-order valence-corrected chi connectivity index (χ2v) is 5.02. The molecule has 0 aliphatic carbocycles. The number of benzene rings is 2. The Hall–Kier alpha value is -1.57. The molecule has 19 heavy (non-hydrogen) atoms. The molecule has 0 aromatic heterocycles. The molecule has 1 atom stereocenters. The Morgan fingerprint density at radius 2 is 1.42 bits per heavy atom. The Balaban J connectivity index is 2.01. The van der Waals surface area contributed by atoms with Crippen LogP contribution in [0.1, 0.15) is 12.5 Å². The Morgan fingerprint density at radius 3 is 2.00 bits per heavy atom. The second-order valence-electron chi connectivity index (χ2n) is 3.95. The molecule has 0 bridgehead atoms. The highest BCUT2D eigenvalue weighted by Gasteiger charge is 2.15. The fourth-order valence-corrected chi connectivity index (χ4v) is 2.37. The summed E-state index contributed by atoms with van der Waals surface area (Å²) in [4.78, 5) is 0. The van der Waals surface area contributed by atoms with Crippen LogP contribution in [0.4, 0.5) is 0 Å². The normalized spacial score (nSPS) is 11.9. The van der Waals surface area contributed by atoms with Gasteiger partial charge in [-0.15, -0.1) is 0 Å². The van der Waals surface area contributed by atoms with Crippen LogP contribution < -0.4 is 9.05 Å². The van der Waals surface area contributed by atoms with Crippen LogP contribution >= 0.6 is 8.60 Å². The van der Waals surface area contributed by atoms with Gasteiger partial charge in [0.25, 0.3) is 0 Å². The topological polar surface area (TPSA) is 27.7 Å². The van der Waals surface area contributed by atoms with Crippen molar-refractivity contribution >= 4 is 8.60 Å². The lowest BCUT2D eigenvalue weighted by Gasteiger charge is -2.16. The number of rotatable bonds is 6. The first-order valence-corrected chi connectivity index (χ1v) is 7.28. The fourth-order valence-electron chi connectivity index (χ4n) is 1.43. The third kappa shape index (κ3) is 4.55. The van der Waals surface area contributed by atoms with E-state index in [1.807, 2.05) is 68.4 Å². The third-order valence-electron chi connectivity index (χ3n) is 2.36. The minimum atomic E-state index is -1.42. The maximum Gasteiger partial charge on any atom is 0.463 e. The summed E-state index contributed by atoms with van der Waals surface area (Å²) in [5.41, 5.74) is 1.19. The summed E-state index contributed by atoms with van der Waals surface area (Å²) in [6, 6.07) is 17.4. The van der Waals surface area contributed by atoms with Gasteiger partial charge in [-0.2, -0.15) is 0 Å². The maximum absolute atomic E-state index is 5.73. The van der Waals surface area contributed by atoms with Gasteiger partial charge >= 0.3 is 8.60 Å². The van der Waals surface area contributed by atoms with Crippen LogP contribution in [0.25, 0.3) is 0 Å². The highest BCUT2D eigenvalue weighted by molar-refractivity contribution is 7.42. The maximum atomic E-state index is 5.73. The number of aryl methyl sites for hydroxylation is 1. The molecule has 100 valence electrons. The summed E-state index contributed by atoms with van der Waals surface area (Å²) >= 11 is 0. The lowest BCUT2D eigenvalue weighted by Crippen LogP contribution is -1.99. The van der Waals surface area contributed by atoms with E-state index in [0.717, 1.165) is 11.5 Å². The first kappa shape index (κ1) is 13.9. The fraction of sp³-hybridized carbons (Fsp3) is 0.200. The van der Waals surface area contributed by atoms with E-state index < -0.39 is 8.60 Å². The zero-order valence-corrected chi connectivity index (χ0v) is 12.0. The van der Waals surface area contributed by atoms with Crippen molar-refractivity contribution in [1.29, 1.82) is 0 Å². The zero-order chi connectivity index (χ0) is 13.5. The predicted molar refractivity (Wildman–Crippen MR) is 77.4 cm³/mol. The van der Waals surface area contributed by atoms with Crippen LogP contribution in [0.3, 0.4) is 0 Å². The highest BCUT2D eigenvalue weighted by Crippen LogP contribution is 2.41. The highest BCUT2D eigenvalue weighted by atomic mass is 31.2. The second kappa shape index (κ2) is 7.13. The summed E-state index contributed by atoms with van der Waals surface area (Å²) in [6.07, 6.45) is 0. The van der Waals surface area contributed by atoms with Gasteiger partial charge in [-0.05, 0) is 38.1 Å². The number of para-hydroxylation sites is 1. The average Bonchev–Trinajstić information content (AvgIpc) is 2.43. The lowest BCUT2D eigenvalue weighted by molar-refractivity contribution is 0.280. The predicted octanol–water partition coefficient (Wildman–Crippen LogP) is 4.72. The van der Waals surface area contributed by atoms with Gasteiger partial charge in [-0.1, -0.05) is 35.9 Å². The van der Waals surface area contributed by atoms with E-state index in [1.165, 1.54) is 5.56 Å². The molecular weight excluding hydrogens is 259 g/mol. The van der Waals surface area contributed by atoms with Crippen molar-refractivity contribution in [2.75, 3.05) is 6.61 Å². The van der Waals surface area contributed by atoms with E-state index in [-0.39, 0.29) is 0 Å².